The van der Waals surface area contributed by atoms with E-state index in [0.29, 0.717) is 23.4 Å². The summed E-state index contributed by atoms with van der Waals surface area (Å²) in [4.78, 5) is 41.6. The molecule has 2 aromatic rings. The van der Waals surface area contributed by atoms with E-state index >= 15 is 0 Å². The van der Waals surface area contributed by atoms with Gasteiger partial charge in [-0.1, -0.05) is 56.0 Å². The van der Waals surface area contributed by atoms with E-state index in [2.05, 4.69) is 17.6 Å². The van der Waals surface area contributed by atoms with Gasteiger partial charge in [0.2, 0.25) is 5.91 Å². The van der Waals surface area contributed by atoms with Gasteiger partial charge in [0.1, 0.15) is 23.4 Å². The van der Waals surface area contributed by atoms with Crippen LogP contribution in [0.4, 0.5) is 10.5 Å². The Morgan fingerprint density at radius 2 is 1.72 bits per heavy atom. The monoisotopic (exact) mass is 541 g/mol. The number of ether oxygens (including phenoxy) is 2. The first kappa shape index (κ1) is 31.6. The molecule has 0 aliphatic rings. The molecular weight excluding hydrogens is 498 g/mol. The average Bonchev–Trinajstić information content (AvgIpc) is 2.88. The number of benzene rings is 2. The highest BCUT2D eigenvalue weighted by Gasteiger charge is 2.36. The van der Waals surface area contributed by atoms with Crippen molar-refractivity contribution in [2.75, 3.05) is 25.6 Å². The van der Waals surface area contributed by atoms with Gasteiger partial charge in [0.15, 0.2) is 0 Å². The van der Waals surface area contributed by atoms with Gasteiger partial charge in [-0.3, -0.25) is 9.59 Å². The van der Waals surface area contributed by atoms with Crippen molar-refractivity contribution in [1.29, 1.82) is 0 Å². The van der Waals surface area contributed by atoms with E-state index in [4.69, 9.17) is 9.47 Å². The summed E-state index contributed by atoms with van der Waals surface area (Å²) in [5, 5.41) is 15.5. The van der Waals surface area contributed by atoms with E-state index < -0.39 is 42.2 Å². The molecule has 0 radical (unpaired) electrons. The third kappa shape index (κ3) is 10.2. The van der Waals surface area contributed by atoms with Gasteiger partial charge in [-0.15, -0.1) is 0 Å². The quantitative estimate of drug-likeness (QED) is 0.308. The van der Waals surface area contributed by atoms with Crippen molar-refractivity contribution in [3.05, 3.63) is 59.7 Å². The van der Waals surface area contributed by atoms with E-state index in [0.717, 1.165) is 24.8 Å². The molecule has 2 rings (SSSR count). The Bertz CT molecular complexity index is 1080. The van der Waals surface area contributed by atoms with Crippen LogP contribution in [0.3, 0.4) is 0 Å². The van der Waals surface area contributed by atoms with Gasteiger partial charge in [-0.2, -0.15) is 0 Å². The summed E-state index contributed by atoms with van der Waals surface area (Å²) in [7, 11) is 1.56. The molecule has 0 spiro atoms. The molecule has 0 aliphatic heterocycles. The highest BCUT2D eigenvalue weighted by atomic mass is 16.6. The van der Waals surface area contributed by atoms with Crippen molar-refractivity contribution in [3.8, 4) is 5.75 Å². The van der Waals surface area contributed by atoms with Crippen LogP contribution in [0.2, 0.25) is 0 Å². The summed E-state index contributed by atoms with van der Waals surface area (Å²) < 4.78 is 10.5. The molecule has 3 amide bonds. The van der Waals surface area contributed by atoms with Gasteiger partial charge in [-0.25, -0.2) is 4.79 Å². The van der Waals surface area contributed by atoms with Gasteiger partial charge >= 0.3 is 6.09 Å². The van der Waals surface area contributed by atoms with Gasteiger partial charge in [0, 0.05) is 12.2 Å². The summed E-state index contributed by atoms with van der Waals surface area (Å²) in [5.41, 5.74) is 1.31. The Kier molecular flexibility index (Phi) is 12.3. The zero-order valence-corrected chi connectivity index (χ0v) is 24.0. The van der Waals surface area contributed by atoms with Crippen molar-refractivity contribution in [2.24, 2.45) is 0 Å². The van der Waals surface area contributed by atoms with Gasteiger partial charge in [-0.05, 0) is 63.9 Å². The van der Waals surface area contributed by atoms with Crippen molar-refractivity contribution in [3.63, 3.8) is 0 Å². The molecule has 0 bridgehead atoms. The molecule has 2 aromatic carbocycles. The molecular formula is C30H43N3O6. The summed E-state index contributed by atoms with van der Waals surface area (Å²) in [6.45, 7) is 8.74. The van der Waals surface area contributed by atoms with Crippen molar-refractivity contribution < 1.29 is 29.0 Å². The topological polar surface area (TPSA) is 117 Å². The number of hydrogen-bond acceptors (Lipinski definition) is 6. The van der Waals surface area contributed by atoms with Gasteiger partial charge in [0.25, 0.3) is 5.91 Å². The molecule has 0 aliphatic carbocycles. The number of aliphatic hydroxyl groups excluding tert-OH is 1. The number of methoxy groups -OCH3 is 1. The van der Waals surface area contributed by atoms with Crippen LogP contribution < -0.4 is 15.4 Å². The molecule has 9 nitrogen and oxygen atoms in total. The SMILES string of the molecule is CCCCCCN(C(=O)C(CO)NC(=O)OC(C)(C)C)C(C(=O)Nc1ccc(OC)cc1)c1cccc(C)c1. The number of nitrogens with zero attached hydrogens (tertiary/aromatic N) is 1. The average molecular weight is 542 g/mol. The van der Waals surface area contributed by atoms with Crippen LogP contribution in [0.5, 0.6) is 5.75 Å². The lowest BCUT2D eigenvalue weighted by Crippen LogP contribution is -2.54. The molecule has 9 heteroatoms. The predicted octanol–water partition coefficient (Wildman–Crippen LogP) is 4.98. The van der Waals surface area contributed by atoms with Crippen LogP contribution in [0.15, 0.2) is 48.5 Å². The first-order chi connectivity index (χ1) is 18.5. The number of carbonyl (C=O) groups is 3. The van der Waals surface area contributed by atoms with E-state index in [1.165, 1.54) is 4.90 Å². The minimum absolute atomic E-state index is 0.264. The number of anilines is 1. The van der Waals surface area contributed by atoms with Crippen molar-refractivity contribution in [2.45, 2.75) is 78.0 Å². The molecule has 0 heterocycles. The highest BCUT2D eigenvalue weighted by molar-refractivity contribution is 5.99. The number of hydrogen-bond donors (Lipinski definition) is 3. The molecule has 214 valence electrons. The van der Waals surface area contributed by atoms with Crippen molar-refractivity contribution in [1.82, 2.24) is 10.2 Å². The summed E-state index contributed by atoms with van der Waals surface area (Å²) in [5.74, 6) is -0.338. The van der Waals surface area contributed by atoms with Gasteiger partial charge < -0.3 is 30.1 Å². The fourth-order valence-corrected chi connectivity index (χ4v) is 4.11. The Balaban J connectivity index is 2.46. The number of alkyl carbamates (subject to hydrolysis) is 1. The van der Waals surface area contributed by atoms with Crippen molar-refractivity contribution >= 4 is 23.6 Å². The first-order valence-electron chi connectivity index (χ1n) is 13.4. The maximum Gasteiger partial charge on any atom is 0.408 e. The Labute approximate surface area is 231 Å². The zero-order valence-electron chi connectivity index (χ0n) is 24.0. The van der Waals surface area contributed by atoms with Gasteiger partial charge in [0.05, 0.1) is 13.7 Å². The lowest BCUT2D eigenvalue weighted by molar-refractivity contribution is -0.141. The second-order valence-electron chi connectivity index (χ2n) is 10.5. The molecule has 39 heavy (non-hydrogen) atoms. The standard InChI is InChI=1S/C30H43N3O6/c1-7-8-9-10-18-33(28(36)25(20-34)32-29(37)39-30(3,4)5)26(22-13-11-12-21(2)19-22)27(35)31-23-14-16-24(38-6)17-15-23/h11-17,19,25-26,34H,7-10,18,20H2,1-6H3,(H,31,35)(H,32,37). The molecule has 2 atom stereocenters. The maximum atomic E-state index is 13.9. The molecule has 0 saturated carbocycles. The molecule has 0 fully saturated rings. The molecule has 2 unspecified atom stereocenters. The summed E-state index contributed by atoms with van der Waals surface area (Å²) in [6, 6.07) is 12.0. The normalized spacial score (nSPS) is 12.7. The fraction of sp³-hybridized carbons (Fsp3) is 0.500. The van der Waals surface area contributed by atoms with Crippen LogP contribution >= 0.6 is 0 Å². The third-order valence-electron chi connectivity index (χ3n) is 5.98. The number of amides is 3. The number of carbonyl (C=O) groups excluding carboxylic acids is 3. The number of rotatable bonds is 13. The first-order valence-corrected chi connectivity index (χ1v) is 13.4. The highest BCUT2D eigenvalue weighted by Crippen LogP contribution is 2.26. The zero-order chi connectivity index (χ0) is 29.0. The summed E-state index contributed by atoms with van der Waals surface area (Å²) in [6.07, 6.45) is 2.68. The third-order valence-corrected chi connectivity index (χ3v) is 5.98. The second kappa shape index (κ2) is 15.1. The van der Waals surface area contributed by atoms with Crippen LogP contribution in [0.25, 0.3) is 0 Å². The smallest absolute Gasteiger partial charge is 0.408 e. The molecule has 0 aromatic heterocycles. The Morgan fingerprint density at radius 1 is 1.03 bits per heavy atom. The lowest BCUT2D eigenvalue weighted by atomic mass is 10.00. The van der Waals surface area contributed by atoms with Crippen LogP contribution in [-0.2, 0) is 14.3 Å². The molecule has 0 saturated heterocycles. The fourth-order valence-electron chi connectivity index (χ4n) is 4.11. The van der Waals surface area contributed by atoms with Crippen LogP contribution in [0, 0.1) is 6.92 Å². The van der Waals surface area contributed by atoms with Crippen LogP contribution in [0.1, 0.15) is 70.5 Å². The van der Waals surface area contributed by atoms with E-state index in [9.17, 15) is 19.5 Å². The maximum absolute atomic E-state index is 13.9. The number of aliphatic hydroxyl groups is 1. The predicted molar refractivity (Wildman–Crippen MR) is 152 cm³/mol. The minimum Gasteiger partial charge on any atom is -0.497 e. The number of unbranched alkanes of at least 4 members (excludes halogenated alkanes) is 3. The lowest BCUT2D eigenvalue weighted by Gasteiger charge is -2.34. The molecule has 3 N–H and O–H groups in total. The van der Waals surface area contributed by atoms with E-state index in [1.54, 1.807) is 58.2 Å². The Hall–Kier alpha value is -3.59. The van der Waals surface area contributed by atoms with E-state index in [-0.39, 0.29) is 6.54 Å². The number of aryl methyl sites for hydroxylation is 1. The van der Waals surface area contributed by atoms with Crippen LogP contribution in [-0.4, -0.2) is 59.8 Å². The minimum atomic E-state index is -1.29. The van der Waals surface area contributed by atoms with E-state index in [1.807, 2.05) is 25.1 Å². The number of nitrogens with one attached hydrogen (secondary N) is 2. The largest absolute Gasteiger partial charge is 0.497 e. The second-order valence-corrected chi connectivity index (χ2v) is 10.5. The summed E-state index contributed by atoms with van der Waals surface area (Å²) >= 11 is 0. The Morgan fingerprint density at radius 3 is 2.28 bits per heavy atom.